The topological polar surface area (TPSA) is 38.3 Å². The summed E-state index contributed by atoms with van der Waals surface area (Å²) in [5, 5.41) is 0. The van der Waals surface area contributed by atoms with Gasteiger partial charge in [0, 0.05) is 9.37 Å². The lowest BCUT2D eigenvalue weighted by Gasteiger charge is -2.35. The molecule has 0 bridgehead atoms. The molecule has 0 aliphatic heterocycles. The third-order valence-corrected chi connectivity index (χ3v) is 6.58. The lowest BCUT2D eigenvalue weighted by molar-refractivity contribution is -0.140. The number of amides is 1. The standard InChI is InChI=1S/C27H22BrNO2S/c28-24-16-18-25(19-17-24)32-20-26(30)29-31-27(21-10-4-1-5-11-21,22-12-6-2-7-13-22)23-14-8-3-9-15-23/h1-19H,20H2,(H,29,30). The van der Waals surface area contributed by atoms with Crippen molar-refractivity contribution in [3.8, 4) is 0 Å². The summed E-state index contributed by atoms with van der Waals surface area (Å²) in [4.78, 5) is 20.1. The summed E-state index contributed by atoms with van der Waals surface area (Å²) in [5.74, 6) is 0.0425. The van der Waals surface area contributed by atoms with E-state index in [2.05, 4.69) is 21.4 Å². The van der Waals surface area contributed by atoms with Gasteiger partial charge in [-0.05, 0) is 41.0 Å². The summed E-state index contributed by atoms with van der Waals surface area (Å²) < 4.78 is 1.01. The maximum Gasteiger partial charge on any atom is 0.253 e. The van der Waals surface area contributed by atoms with E-state index in [1.165, 1.54) is 11.8 Å². The number of carbonyl (C=O) groups is 1. The molecule has 0 spiro atoms. The highest BCUT2D eigenvalue weighted by Crippen LogP contribution is 2.39. The number of carbonyl (C=O) groups excluding carboxylic acids is 1. The van der Waals surface area contributed by atoms with Crippen molar-refractivity contribution in [1.29, 1.82) is 0 Å². The number of benzene rings is 4. The van der Waals surface area contributed by atoms with Gasteiger partial charge in [-0.1, -0.05) is 107 Å². The Bertz CT molecular complexity index is 1040. The van der Waals surface area contributed by atoms with Crippen LogP contribution in [0.25, 0.3) is 0 Å². The molecule has 1 amide bonds. The van der Waals surface area contributed by atoms with Crippen LogP contribution in [0.3, 0.4) is 0 Å². The average Bonchev–Trinajstić information content (AvgIpc) is 2.86. The van der Waals surface area contributed by atoms with Gasteiger partial charge in [-0.3, -0.25) is 9.63 Å². The normalized spacial score (nSPS) is 11.2. The number of rotatable bonds is 8. The van der Waals surface area contributed by atoms with Crippen LogP contribution in [-0.4, -0.2) is 11.7 Å². The molecule has 3 nitrogen and oxygen atoms in total. The van der Waals surface area contributed by atoms with Gasteiger partial charge in [0.15, 0.2) is 5.60 Å². The summed E-state index contributed by atoms with van der Waals surface area (Å²) in [5.41, 5.74) is 4.53. The molecule has 4 aromatic rings. The van der Waals surface area contributed by atoms with Crippen molar-refractivity contribution in [3.05, 3.63) is 136 Å². The molecule has 0 radical (unpaired) electrons. The predicted molar refractivity (Wildman–Crippen MR) is 133 cm³/mol. The molecule has 0 saturated carbocycles. The Labute approximate surface area is 200 Å². The number of hydroxylamine groups is 1. The van der Waals surface area contributed by atoms with E-state index in [0.29, 0.717) is 0 Å². The van der Waals surface area contributed by atoms with E-state index in [9.17, 15) is 4.79 Å². The number of hydrogen-bond acceptors (Lipinski definition) is 3. The smallest absolute Gasteiger partial charge is 0.253 e. The van der Waals surface area contributed by atoms with Crippen molar-refractivity contribution in [2.75, 3.05) is 5.75 Å². The molecule has 1 N–H and O–H groups in total. The Morgan fingerprint density at radius 3 is 1.59 bits per heavy atom. The first kappa shape index (κ1) is 22.3. The monoisotopic (exact) mass is 503 g/mol. The van der Waals surface area contributed by atoms with Gasteiger partial charge >= 0.3 is 0 Å². The van der Waals surface area contributed by atoms with E-state index in [4.69, 9.17) is 4.84 Å². The molecule has 4 aromatic carbocycles. The first-order valence-electron chi connectivity index (χ1n) is 10.2. The van der Waals surface area contributed by atoms with Crippen molar-refractivity contribution >= 4 is 33.6 Å². The molecule has 0 aromatic heterocycles. The highest BCUT2D eigenvalue weighted by Gasteiger charge is 2.39. The summed E-state index contributed by atoms with van der Waals surface area (Å²) >= 11 is 4.89. The first-order chi connectivity index (χ1) is 15.7. The zero-order valence-electron chi connectivity index (χ0n) is 17.3. The molecule has 0 unspecified atom stereocenters. The Kier molecular flexibility index (Phi) is 7.43. The highest BCUT2D eigenvalue weighted by atomic mass is 79.9. The first-order valence-corrected chi connectivity index (χ1v) is 12.0. The summed E-state index contributed by atoms with van der Waals surface area (Å²) in [7, 11) is 0. The van der Waals surface area contributed by atoms with Gasteiger partial charge in [0.1, 0.15) is 0 Å². The van der Waals surface area contributed by atoms with Crippen LogP contribution in [0.1, 0.15) is 16.7 Å². The van der Waals surface area contributed by atoms with Gasteiger partial charge in [0.2, 0.25) is 0 Å². The molecule has 0 saturated heterocycles. The van der Waals surface area contributed by atoms with E-state index in [0.717, 1.165) is 26.1 Å². The molecule has 160 valence electrons. The lowest BCUT2D eigenvalue weighted by Crippen LogP contribution is -2.41. The zero-order valence-corrected chi connectivity index (χ0v) is 19.7. The molecular weight excluding hydrogens is 482 g/mol. The summed E-state index contributed by atoms with van der Waals surface area (Å²) in [6, 6.07) is 37.7. The SMILES string of the molecule is O=C(CSc1ccc(Br)cc1)NOC(c1ccccc1)(c1ccccc1)c1ccccc1. The second kappa shape index (κ2) is 10.6. The minimum atomic E-state index is -0.984. The van der Waals surface area contributed by atoms with Crippen LogP contribution in [0.15, 0.2) is 125 Å². The average molecular weight is 504 g/mol. The number of halogens is 1. The van der Waals surface area contributed by atoms with E-state index in [1.54, 1.807) is 0 Å². The van der Waals surface area contributed by atoms with Gasteiger partial charge in [-0.2, -0.15) is 0 Å². The zero-order chi connectivity index (χ0) is 22.2. The van der Waals surface area contributed by atoms with Crippen LogP contribution in [-0.2, 0) is 15.2 Å². The van der Waals surface area contributed by atoms with Crippen molar-refractivity contribution < 1.29 is 9.63 Å². The van der Waals surface area contributed by atoms with E-state index in [-0.39, 0.29) is 11.7 Å². The summed E-state index contributed by atoms with van der Waals surface area (Å²) in [6.45, 7) is 0. The molecule has 32 heavy (non-hydrogen) atoms. The van der Waals surface area contributed by atoms with Crippen LogP contribution < -0.4 is 5.48 Å². The van der Waals surface area contributed by atoms with Crippen LogP contribution in [0.2, 0.25) is 0 Å². The maximum atomic E-state index is 12.8. The number of nitrogens with one attached hydrogen (secondary N) is 1. The molecule has 0 aliphatic carbocycles. The van der Waals surface area contributed by atoms with Crippen LogP contribution in [0.5, 0.6) is 0 Å². The molecule has 4 rings (SSSR count). The fraction of sp³-hybridized carbons (Fsp3) is 0.0741. The van der Waals surface area contributed by atoms with Gasteiger partial charge in [-0.15, -0.1) is 11.8 Å². The Morgan fingerprint density at radius 1 is 0.719 bits per heavy atom. The fourth-order valence-electron chi connectivity index (χ4n) is 3.54. The van der Waals surface area contributed by atoms with E-state index >= 15 is 0 Å². The molecule has 5 heteroatoms. The van der Waals surface area contributed by atoms with Crippen LogP contribution in [0, 0.1) is 0 Å². The molecule has 0 aliphatic rings. The van der Waals surface area contributed by atoms with Gasteiger partial charge in [-0.25, -0.2) is 5.48 Å². The van der Waals surface area contributed by atoms with E-state index < -0.39 is 5.60 Å². The van der Waals surface area contributed by atoms with Crippen molar-refractivity contribution in [2.45, 2.75) is 10.5 Å². The molecule has 0 atom stereocenters. The lowest BCUT2D eigenvalue weighted by atomic mass is 9.80. The minimum absolute atomic E-state index is 0.204. The molecule has 0 fully saturated rings. The van der Waals surface area contributed by atoms with Crippen LogP contribution >= 0.6 is 27.7 Å². The Hall–Kier alpha value is -2.86. The highest BCUT2D eigenvalue weighted by molar-refractivity contribution is 9.10. The predicted octanol–water partition coefficient (Wildman–Crippen LogP) is 6.58. The quantitative estimate of drug-likeness (QED) is 0.167. The van der Waals surface area contributed by atoms with Crippen molar-refractivity contribution in [3.63, 3.8) is 0 Å². The Balaban J connectivity index is 1.63. The molecular formula is C27H22BrNO2S. The Morgan fingerprint density at radius 2 is 1.16 bits per heavy atom. The number of thioether (sulfide) groups is 1. The second-order valence-corrected chi connectivity index (χ2v) is 9.11. The van der Waals surface area contributed by atoms with Crippen molar-refractivity contribution in [1.82, 2.24) is 5.48 Å². The van der Waals surface area contributed by atoms with Gasteiger partial charge in [0.05, 0.1) is 5.75 Å². The fourth-order valence-corrected chi connectivity index (χ4v) is 4.49. The van der Waals surface area contributed by atoms with Gasteiger partial charge in [0.25, 0.3) is 5.91 Å². The third kappa shape index (κ3) is 5.13. The molecule has 0 heterocycles. The van der Waals surface area contributed by atoms with E-state index in [1.807, 2.05) is 115 Å². The largest absolute Gasteiger partial charge is 0.272 e. The van der Waals surface area contributed by atoms with Crippen LogP contribution in [0.4, 0.5) is 0 Å². The third-order valence-electron chi connectivity index (χ3n) is 5.04. The number of hydrogen-bond donors (Lipinski definition) is 1. The summed E-state index contributed by atoms with van der Waals surface area (Å²) in [6.07, 6.45) is 0. The van der Waals surface area contributed by atoms with Crippen molar-refractivity contribution in [2.24, 2.45) is 0 Å². The minimum Gasteiger partial charge on any atom is -0.272 e. The maximum absolute atomic E-state index is 12.8. The second-order valence-electron chi connectivity index (χ2n) is 7.15. The van der Waals surface area contributed by atoms with Gasteiger partial charge < -0.3 is 0 Å².